The van der Waals surface area contributed by atoms with Gasteiger partial charge < -0.3 is 14.4 Å². The quantitative estimate of drug-likeness (QED) is 0.635. The van der Waals surface area contributed by atoms with E-state index in [0.717, 1.165) is 63.1 Å². The Hall–Kier alpha value is -3.09. The van der Waals surface area contributed by atoms with Crippen LogP contribution in [0.15, 0.2) is 35.4 Å². The molecule has 1 aromatic carbocycles. The molecule has 0 saturated carbocycles. The van der Waals surface area contributed by atoms with Gasteiger partial charge in [-0.05, 0) is 51.2 Å². The molecule has 5 rings (SSSR count). The number of amides is 1. The van der Waals surface area contributed by atoms with Gasteiger partial charge in [-0.25, -0.2) is 4.52 Å². The molecule has 1 fully saturated rings. The van der Waals surface area contributed by atoms with Crippen LogP contribution in [0.5, 0.6) is 0 Å². The zero-order valence-electron chi connectivity index (χ0n) is 19.0. The summed E-state index contributed by atoms with van der Waals surface area (Å²) in [6.07, 6.45) is 8.06. The first-order valence-corrected chi connectivity index (χ1v) is 11.7. The van der Waals surface area contributed by atoms with Crippen LogP contribution in [0.25, 0.3) is 5.52 Å². The first kappa shape index (κ1) is 20.8. The number of anilines is 1. The van der Waals surface area contributed by atoms with Crippen LogP contribution in [-0.4, -0.2) is 51.2 Å². The molecule has 168 valence electrons. The van der Waals surface area contributed by atoms with Gasteiger partial charge in [0.1, 0.15) is 5.52 Å². The third-order valence-corrected chi connectivity index (χ3v) is 6.93. The number of fused-ring (bicyclic) bond motifs is 3. The van der Waals surface area contributed by atoms with Crippen molar-refractivity contribution < 1.29 is 4.79 Å². The molecule has 1 saturated heterocycles. The number of benzene rings is 1. The van der Waals surface area contributed by atoms with Crippen LogP contribution in [-0.2, 0) is 24.2 Å². The van der Waals surface area contributed by atoms with Gasteiger partial charge in [-0.3, -0.25) is 9.59 Å². The SMILES string of the molecule is Cc1ccc(N2CCN(C(=O)CCn3ccn4nc5c(c4c3=O)CCCC5)CC2)c(C)c1. The van der Waals surface area contributed by atoms with Crippen molar-refractivity contribution in [3.8, 4) is 0 Å². The van der Waals surface area contributed by atoms with Crippen molar-refractivity contribution in [2.24, 2.45) is 0 Å². The summed E-state index contributed by atoms with van der Waals surface area (Å²) < 4.78 is 3.40. The molecular weight excluding hydrogens is 402 g/mol. The number of aromatic nitrogens is 3. The lowest BCUT2D eigenvalue weighted by molar-refractivity contribution is -0.131. The average molecular weight is 434 g/mol. The van der Waals surface area contributed by atoms with Gasteiger partial charge in [0.2, 0.25) is 5.91 Å². The Bertz CT molecular complexity index is 1220. The Balaban J connectivity index is 1.22. The van der Waals surface area contributed by atoms with Crippen LogP contribution in [0, 0.1) is 13.8 Å². The predicted octanol–water partition coefficient (Wildman–Crippen LogP) is 2.73. The van der Waals surface area contributed by atoms with E-state index in [1.54, 1.807) is 15.3 Å². The molecule has 2 aliphatic rings. The normalized spacial score (nSPS) is 16.4. The van der Waals surface area contributed by atoms with Gasteiger partial charge in [0, 0.05) is 62.8 Å². The van der Waals surface area contributed by atoms with Gasteiger partial charge in [-0.1, -0.05) is 17.7 Å². The summed E-state index contributed by atoms with van der Waals surface area (Å²) in [5, 5.41) is 4.59. The van der Waals surface area contributed by atoms with Crippen LogP contribution in [0.1, 0.15) is 41.6 Å². The summed E-state index contributed by atoms with van der Waals surface area (Å²) in [6.45, 7) is 7.77. The van der Waals surface area contributed by atoms with Crippen molar-refractivity contribution in [1.82, 2.24) is 19.1 Å². The zero-order valence-corrected chi connectivity index (χ0v) is 19.0. The summed E-state index contributed by atoms with van der Waals surface area (Å²) in [6, 6.07) is 6.53. The fraction of sp³-hybridized carbons (Fsp3) is 0.480. The number of rotatable bonds is 4. The number of aryl methyl sites for hydroxylation is 5. The van der Waals surface area contributed by atoms with Gasteiger partial charge >= 0.3 is 0 Å². The molecule has 0 N–H and O–H groups in total. The molecule has 1 aliphatic carbocycles. The molecule has 1 aliphatic heterocycles. The van der Waals surface area contributed by atoms with E-state index in [0.29, 0.717) is 18.5 Å². The van der Waals surface area contributed by atoms with E-state index in [1.165, 1.54) is 16.8 Å². The minimum Gasteiger partial charge on any atom is -0.368 e. The second kappa shape index (κ2) is 8.45. The van der Waals surface area contributed by atoms with Crippen molar-refractivity contribution >= 4 is 17.1 Å². The third kappa shape index (κ3) is 3.80. The van der Waals surface area contributed by atoms with Crippen molar-refractivity contribution in [3.05, 3.63) is 63.3 Å². The van der Waals surface area contributed by atoms with E-state index >= 15 is 0 Å². The van der Waals surface area contributed by atoms with Crippen LogP contribution in [0.3, 0.4) is 0 Å². The fourth-order valence-electron chi connectivity index (χ4n) is 5.16. The summed E-state index contributed by atoms with van der Waals surface area (Å²) in [5.74, 6) is 0.118. The lowest BCUT2D eigenvalue weighted by Gasteiger charge is -2.37. The minimum atomic E-state index is -0.0318. The number of carbonyl (C=O) groups is 1. The standard InChI is InChI=1S/C25H31N5O2/c1-18-7-8-22(19(2)17-18)27-11-13-28(14-12-27)23(31)9-10-29-15-16-30-24(25(29)32)20-5-3-4-6-21(20)26-30/h7-8,15-17H,3-6,9-14H2,1-2H3. The van der Waals surface area contributed by atoms with Crippen LogP contribution >= 0.6 is 0 Å². The smallest absolute Gasteiger partial charge is 0.276 e. The average Bonchev–Trinajstić information content (AvgIpc) is 3.18. The molecule has 0 radical (unpaired) electrons. The molecule has 7 nitrogen and oxygen atoms in total. The Labute approximate surface area is 188 Å². The number of carbonyl (C=O) groups excluding carboxylic acids is 1. The highest BCUT2D eigenvalue weighted by Gasteiger charge is 2.23. The summed E-state index contributed by atoms with van der Waals surface area (Å²) in [5.41, 5.74) is 6.62. The molecular formula is C25H31N5O2. The van der Waals surface area contributed by atoms with E-state index in [-0.39, 0.29) is 11.5 Å². The van der Waals surface area contributed by atoms with Gasteiger partial charge in [0.25, 0.3) is 5.56 Å². The maximum Gasteiger partial charge on any atom is 0.276 e. The Morgan fingerprint density at radius 1 is 1.03 bits per heavy atom. The van der Waals surface area contributed by atoms with Crippen molar-refractivity contribution in [2.75, 3.05) is 31.1 Å². The summed E-state index contributed by atoms with van der Waals surface area (Å²) >= 11 is 0. The molecule has 7 heteroatoms. The fourth-order valence-corrected chi connectivity index (χ4v) is 5.16. The minimum absolute atomic E-state index is 0.0318. The molecule has 0 atom stereocenters. The van der Waals surface area contributed by atoms with Crippen molar-refractivity contribution in [2.45, 2.75) is 52.5 Å². The molecule has 3 aromatic rings. The molecule has 3 heterocycles. The number of piperazine rings is 1. The first-order chi connectivity index (χ1) is 15.5. The topological polar surface area (TPSA) is 62.9 Å². The second-order valence-corrected chi connectivity index (χ2v) is 9.13. The third-order valence-electron chi connectivity index (χ3n) is 6.93. The van der Waals surface area contributed by atoms with E-state index in [9.17, 15) is 9.59 Å². The van der Waals surface area contributed by atoms with Gasteiger partial charge in [0.05, 0.1) is 5.69 Å². The highest BCUT2D eigenvalue weighted by molar-refractivity contribution is 5.76. The van der Waals surface area contributed by atoms with E-state index < -0.39 is 0 Å². The molecule has 1 amide bonds. The van der Waals surface area contributed by atoms with Crippen molar-refractivity contribution in [1.29, 1.82) is 0 Å². The summed E-state index contributed by atoms with van der Waals surface area (Å²) in [7, 11) is 0. The maximum atomic E-state index is 13.1. The molecule has 0 spiro atoms. The van der Waals surface area contributed by atoms with Crippen molar-refractivity contribution in [3.63, 3.8) is 0 Å². The molecule has 32 heavy (non-hydrogen) atoms. The lowest BCUT2D eigenvalue weighted by atomic mass is 9.97. The number of hydrogen-bond donors (Lipinski definition) is 0. The molecule has 2 aromatic heterocycles. The van der Waals surface area contributed by atoms with Gasteiger partial charge in [-0.15, -0.1) is 0 Å². The van der Waals surface area contributed by atoms with E-state index in [1.807, 2.05) is 11.1 Å². The Morgan fingerprint density at radius 3 is 2.59 bits per heavy atom. The Kier molecular flexibility index (Phi) is 5.49. The Morgan fingerprint density at radius 2 is 1.81 bits per heavy atom. The van der Waals surface area contributed by atoms with Crippen LogP contribution in [0.4, 0.5) is 5.69 Å². The van der Waals surface area contributed by atoms with Crippen LogP contribution in [0.2, 0.25) is 0 Å². The number of hydrogen-bond acceptors (Lipinski definition) is 4. The van der Waals surface area contributed by atoms with Crippen LogP contribution < -0.4 is 10.5 Å². The highest BCUT2D eigenvalue weighted by atomic mass is 16.2. The predicted molar refractivity (Wildman–Crippen MR) is 125 cm³/mol. The van der Waals surface area contributed by atoms with E-state index in [2.05, 4.69) is 42.0 Å². The van der Waals surface area contributed by atoms with E-state index in [4.69, 9.17) is 0 Å². The number of nitrogens with zero attached hydrogens (tertiary/aromatic N) is 5. The maximum absolute atomic E-state index is 13.1. The second-order valence-electron chi connectivity index (χ2n) is 9.13. The molecule has 0 unspecified atom stereocenters. The first-order valence-electron chi connectivity index (χ1n) is 11.7. The zero-order chi connectivity index (χ0) is 22.2. The van der Waals surface area contributed by atoms with Gasteiger partial charge in [0.15, 0.2) is 0 Å². The largest absolute Gasteiger partial charge is 0.368 e. The highest BCUT2D eigenvalue weighted by Crippen LogP contribution is 2.24. The summed E-state index contributed by atoms with van der Waals surface area (Å²) in [4.78, 5) is 30.2. The lowest BCUT2D eigenvalue weighted by Crippen LogP contribution is -2.49. The monoisotopic (exact) mass is 433 g/mol. The molecule has 0 bridgehead atoms. The van der Waals surface area contributed by atoms with Gasteiger partial charge in [-0.2, -0.15) is 5.10 Å².